The molecule has 198 valence electrons. The van der Waals surface area contributed by atoms with Gasteiger partial charge in [0, 0.05) is 6.54 Å². The maximum absolute atomic E-state index is 13.8. The zero-order chi connectivity index (χ0) is 27.4. The first kappa shape index (κ1) is 29.7. The van der Waals surface area contributed by atoms with Gasteiger partial charge in [0.1, 0.15) is 24.2 Å². The van der Waals surface area contributed by atoms with Crippen LogP contribution in [0.2, 0.25) is 0 Å². The zero-order valence-electron chi connectivity index (χ0n) is 22.1. The quantitative estimate of drug-likeness (QED) is 0.423. The molecule has 0 aliphatic carbocycles. The van der Waals surface area contributed by atoms with E-state index in [1.165, 1.54) is 16.7 Å². The van der Waals surface area contributed by atoms with Crippen LogP contribution >= 0.6 is 11.8 Å². The molecule has 2 aromatic rings. The molecule has 2 unspecified atom stereocenters. The summed E-state index contributed by atoms with van der Waals surface area (Å²) in [6.45, 7) is 7.06. The topological polar surface area (TPSA) is 112 Å². The molecule has 2 N–H and O–H groups in total. The normalized spacial score (nSPS) is 12.5. The average molecular weight is 525 g/mol. The molecule has 0 aliphatic rings. The predicted molar refractivity (Wildman–Crippen MR) is 146 cm³/mol. The van der Waals surface area contributed by atoms with Crippen LogP contribution in [-0.2, 0) is 20.9 Å². The van der Waals surface area contributed by atoms with Crippen LogP contribution in [0.1, 0.15) is 49.9 Å². The Morgan fingerprint density at radius 2 is 1.73 bits per heavy atom. The van der Waals surface area contributed by atoms with Gasteiger partial charge in [-0.25, -0.2) is 4.79 Å². The number of nitriles is 1. The standard InChI is InChI=1S/C28H36N4O4S/c1-20-11-13-22(14-12-20)24(25(33)30-19-21-9-7-6-8-10-21)32(17-16-29)26(34)23(15-18-37-5)31-27(35)36-28(2,3)4/h6-14,23-24H,15,17-19H2,1-5H3,(H,30,33)(H,31,35). The second-order valence-corrected chi connectivity index (χ2v) is 10.6. The molecule has 0 heterocycles. The number of benzene rings is 2. The molecule has 0 aromatic heterocycles. The molecule has 0 spiro atoms. The number of aryl methyl sites for hydroxylation is 1. The summed E-state index contributed by atoms with van der Waals surface area (Å²) in [5.41, 5.74) is 1.72. The van der Waals surface area contributed by atoms with Crippen LogP contribution in [0.25, 0.3) is 0 Å². The maximum Gasteiger partial charge on any atom is 0.408 e. The lowest BCUT2D eigenvalue weighted by atomic mass is 10.0. The highest BCUT2D eigenvalue weighted by Gasteiger charge is 2.36. The number of rotatable bonds is 11. The third kappa shape index (κ3) is 9.81. The van der Waals surface area contributed by atoms with E-state index in [0.717, 1.165) is 11.1 Å². The zero-order valence-corrected chi connectivity index (χ0v) is 22.9. The van der Waals surface area contributed by atoms with E-state index in [2.05, 4.69) is 10.6 Å². The number of hydrogen-bond acceptors (Lipinski definition) is 6. The van der Waals surface area contributed by atoms with Crippen molar-refractivity contribution in [2.75, 3.05) is 18.6 Å². The Hall–Kier alpha value is -3.51. The van der Waals surface area contributed by atoms with Crippen molar-refractivity contribution >= 4 is 29.7 Å². The number of hydrogen-bond donors (Lipinski definition) is 2. The van der Waals surface area contributed by atoms with Crippen LogP contribution in [0.3, 0.4) is 0 Å². The van der Waals surface area contributed by atoms with Gasteiger partial charge in [-0.1, -0.05) is 60.2 Å². The Kier molecular flexibility index (Phi) is 11.5. The SMILES string of the molecule is CSCCC(NC(=O)OC(C)(C)C)C(=O)N(CC#N)C(C(=O)NCc1ccccc1)c1ccc(C)cc1. The minimum Gasteiger partial charge on any atom is -0.444 e. The summed E-state index contributed by atoms with van der Waals surface area (Å²) in [5.74, 6) is -0.360. The van der Waals surface area contributed by atoms with Crippen molar-refractivity contribution < 1.29 is 19.1 Å². The second-order valence-electron chi connectivity index (χ2n) is 9.62. The molecule has 9 heteroatoms. The average Bonchev–Trinajstić information content (AvgIpc) is 2.85. The summed E-state index contributed by atoms with van der Waals surface area (Å²) >= 11 is 1.52. The predicted octanol–water partition coefficient (Wildman–Crippen LogP) is 4.35. The fourth-order valence-corrected chi connectivity index (χ4v) is 4.09. The summed E-state index contributed by atoms with van der Waals surface area (Å²) in [6, 6.07) is 16.7. The van der Waals surface area contributed by atoms with Gasteiger partial charge in [-0.3, -0.25) is 9.59 Å². The van der Waals surface area contributed by atoms with E-state index in [0.29, 0.717) is 17.7 Å². The van der Waals surface area contributed by atoms with Crippen LogP contribution in [0.15, 0.2) is 54.6 Å². The van der Waals surface area contributed by atoms with Gasteiger partial charge in [-0.15, -0.1) is 0 Å². The molecule has 0 saturated carbocycles. The Morgan fingerprint density at radius 3 is 2.30 bits per heavy atom. The van der Waals surface area contributed by atoms with Crippen molar-refractivity contribution in [3.8, 4) is 6.07 Å². The highest BCUT2D eigenvalue weighted by molar-refractivity contribution is 7.98. The van der Waals surface area contributed by atoms with Crippen LogP contribution in [0.4, 0.5) is 4.79 Å². The van der Waals surface area contributed by atoms with Crippen molar-refractivity contribution in [1.29, 1.82) is 5.26 Å². The Bertz CT molecular complexity index is 1080. The molecule has 0 radical (unpaired) electrons. The van der Waals surface area contributed by atoms with E-state index in [4.69, 9.17) is 4.74 Å². The van der Waals surface area contributed by atoms with Crippen molar-refractivity contribution in [2.24, 2.45) is 0 Å². The monoisotopic (exact) mass is 524 g/mol. The fraction of sp³-hybridized carbons (Fsp3) is 0.429. The Morgan fingerprint density at radius 1 is 1.08 bits per heavy atom. The van der Waals surface area contributed by atoms with Gasteiger partial charge in [0.2, 0.25) is 11.8 Å². The van der Waals surface area contributed by atoms with Crippen LogP contribution < -0.4 is 10.6 Å². The summed E-state index contributed by atoms with van der Waals surface area (Å²) in [4.78, 5) is 41.1. The number of carbonyl (C=O) groups is 3. The van der Waals surface area contributed by atoms with E-state index in [1.807, 2.05) is 61.7 Å². The summed E-state index contributed by atoms with van der Waals surface area (Å²) in [5, 5.41) is 15.2. The fourth-order valence-electron chi connectivity index (χ4n) is 3.62. The number of nitrogens with zero attached hydrogens (tertiary/aromatic N) is 2. The molecular weight excluding hydrogens is 488 g/mol. The van der Waals surface area contributed by atoms with Crippen LogP contribution in [0.5, 0.6) is 0 Å². The van der Waals surface area contributed by atoms with E-state index in [-0.39, 0.29) is 13.1 Å². The van der Waals surface area contributed by atoms with E-state index in [9.17, 15) is 19.6 Å². The smallest absolute Gasteiger partial charge is 0.408 e. The number of alkyl carbamates (subject to hydrolysis) is 1. The molecule has 0 aliphatic heterocycles. The molecule has 0 fully saturated rings. The van der Waals surface area contributed by atoms with Gasteiger partial charge >= 0.3 is 6.09 Å². The summed E-state index contributed by atoms with van der Waals surface area (Å²) in [7, 11) is 0. The van der Waals surface area contributed by atoms with Gasteiger partial charge in [0.15, 0.2) is 0 Å². The van der Waals surface area contributed by atoms with Crippen LogP contribution in [0, 0.1) is 18.3 Å². The first-order valence-corrected chi connectivity index (χ1v) is 13.5. The Balaban J connectivity index is 2.40. The lowest BCUT2D eigenvalue weighted by molar-refractivity contribution is -0.141. The number of thioether (sulfide) groups is 1. The van der Waals surface area contributed by atoms with Crippen molar-refractivity contribution in [2.45, 2.75) is 58.3 Å². The lowest BCUT2D eigenvalue weighted by Gasteiger charge is -2.33. The molecule has 2 aromatic carbocycles. The van der Waals surface area contributed by atoms with E-state index in [1.54, 1.807) is 32.9 Å². The second kappa shape index (κ2) is 14.3. The number of nitrogens with one attached hydrogen (secondary N) is 2. The molecule has 3 amide bonds. The molecular formula is C28H36N4O4S. The van der Waals surface area contributed by atoms with E-state index < -0.39 is 35.6 Å². The van der Waals surface area contributed by atoms with Gasteiger partial charge in [-0.2, -0.15) is 17.0 Å². The van der Waals surface area contributed by atoms with Gasteiger partial charge in [0.05, 0.1) is 6.07 Å². The first-order chi connectivity index (χ1) is 17.6. The van der Waals surface area contributed by atoms with Crippen molar-refractivity contribution in [3.05, 3.63) is 71.3 Å². The van der Waals surface area contributed by atoms with Gasteiger partial charge in [0.25, 0.3) is 0 Å². The third-order valence-corrected chi connectivity index (χ3v) is 6.03. The first-order valence-electron chi connectivity index (χ1n) is 12.1. The molecule has 2 rings (SSSR count). The highest BCUT2D eigenvalue weighted by atomic mass is 32.2. The molecule has 0 bridgehead atoms. The number of ether oxygens (including phenoxy) is 1. The minimum absolute atomic E-state index is 0.267. The number of amides is 3. The minimum atomic E-state index is -1.06. The number of carbonyl (C=O) groups excluding carboxylic acids is 3. The van der Waals surface area contributed by atoms with Crippen molar-refractivity contribution in [3.63, 3.8) is 0 Å². The largest absolute Gasteiger partial charge is 0.444 e. The highest BCUT2D eigenvalue weighted by Crippen LogP contribution is 2.24. The Labute approximate surface area is 223 Å². The third-order valence-electron chi connectivity index (χ3n) is 5.39. The van der Waals surface area contributed by atoms with Gasteiger partial charge in [-0.05, 0) is 57.3 Å². The molecule has 2 atom stereocenters. The molecule has 0 saturated heterocycles. The van der Waals surface area contributed by atoms with E-state index >= 15 is 0 Å². The maximum atomic E-state index is 13.8. The summed E-state index contributed by atoms with van der Waals surface area (Å²) < 4.78 is 5.36. The summed E-state index contributed by atoms with van der Waals surface area (Å²) in [6.07, 6.45) is 1.48. The van der Waals surface area contributed by atoms with Gasteiger partial charge < -0.3 is 20.3 Å². The molecule has 37 heavy (non-hydrogen) atoms. The lowest BCUT2D eigenvalue weighted by Crippen LogP contribution is -2.53. The van der Waals surface area contributed by atoms with Crippen molar-refractivity contribution in [1.82, 2.24) is 15.5 Å². The molecule has 8 nitrogen and oxygen atoms in total. The van der Waals surface area contributed by atoms with Crippen LogP contribution in [-0.4, -0.2) is 53.0 Å².